The molecular weight excluding hydrogens is 352 g/mol. The predicted octanol–water partition coefficient (Wildman–Crippen LogP) is 3.00. The van der Waals surface area contributed by atoms with Crippen LogP contribution in [0.3, 0.4) is 0 Å². The molecule has 0 aliphatic carbocycles. The van der Waals surface area contributed by atoms with E-state index in [1.54, 1.807) is 0 Å². The summed E-state index contributed by atoms with van der Waals surface area (Å²) >= 11 is 0. The highest BCUT2D eigenvalue weighted by atomic mass is 19.3. The molecule has 0 fully saturated rings. The predicted molar refractivity (Wildman–Crippen MR) is 74.8 cm³/mol. The van der Waals surface area contributed by atoms with Crippen LogP contribution in [0.2, 0.25) is 0 Å². The second-order valence-electron chi connectivity index (χ2n) is 5.34. The van der Waals surface area contributed by atoms with Crippen LogP contribution < -0.4 is 14.2 Å². The first kappa shape index (κ1) is 17.3. The van der Waals surface area contributed by atoms with Gasteiger partial charge in [0.15, 0.2) is 17.1 Å². The zero-order valence-electron chi connectivity index (χ0n) is 12.9. The monoisotopic (exact) mass is 364 g/mol. The molecule has 0 bridgehead atoms. The number of carbonyl (C=O) groups excluding carboxylic acids is 1. The first-order valence-electron chi connectivity index (χ1n) is 6.93. The highest BCUT2D eigenvalue weighted by Gasteiger charge is 2.65. The van der Waals surface area contributed by atoms with E-state index >= 15 is 0 Å². The van der Waals surface area contributed by atoms with Crippen molar-refractivity contribution in [3.05, 3.63) is 17.9 Å². The van der Waals surface area contributed by atoms with Crippen molar-refractivity contribution >= 4 is 16.8 Å². The van der Waals surface area contributed by atoms with E-state index in [1.807, 2.05) is 0 Å². The average Bonchev–Trinajstić information content (AvgIpc) is 3.01. The lowest BCUT2D eigenvalue weighted by molar-refractivity contribution is -0.316. The fourth-order valence-corrected chi connectivity index (χ4v) is 2.73. The Bertz CT molecular complexity index is 846. The van der Waals surface area contributed by atoms with Gasteiger partial charge in [0.1, 0.15) is 11.3 Å². The van der Waals surface area contributed by atoms with Gasteiger partial charge in [0.25, 0.3) is 5.79 Å². The number of ether oxygens (including phenoxy) is 3. The van der Waals surface area contributed by atoms with E-state index in [4.69, 9.17) is 18.6 Å². The third-order valence-electron chi connectivity index (χ3n) is 3.93. The molecule has 10 heteroatoms. The molecule has 0 amide bonds. The maximum Gasteiger partial charge on any atom is 0.371 e. The van der Waals surface area contributed by atoms with E-state index in [1.165, 1.54) is 19.4 Å². The number of carbonyl (C=O) groups is 1. The molecule has 6 nitrogen and oxygen atoms in total. The molecule has 1 unspecified atom stereocenters. The van der Waals surface area contributed by atoms with E-state index in [9.17, 15) is 27.5 Å². The van der Waals surface area contributed by atoms with Crippen molar-refractivity contribution in [2.75, 3.05) is 14.2 Å². The van der Waals surface area contributed by atoms with Crippen molar-refractivity contribution in [1.29, 1.82) is 0 Å². The van der Waals surface area contributed by atoms with E-state index in [2.05, 4.69) is 0 Å². The summed E-state index contributed by atoms with van der Waals surface area (Å²) in [6.45, 7) is 0. The molecule has 3 rings (SSSR count). The number of rotatable bonds is 4. The third-order valence-corrected chi connectivity index (χ3v) is 3.93. The number of hydrogen-bond acceptors (Lipinski definition) is 6. The molecule has 136 valence electrons. The molecule has 25 heavy (non-hydrogen) atoms. The highest BCUT2D eigenvalue weighted by Crippen LogP contribution is 2.53. The second kappa shape index (κ2) is 5.51. The third kappa shape index (κ3) is 2.24. The van der Waals surface area contributed by atoms with Crippen molar-refractivity contribution < 1.29 is 46.1 Å². The molecule has 1 N–H and O–H groups in total. The van der Waals surface area contributed by atoms with Gasteiger partial charge in [-0.25, -0.2) is 8.78 Å². The van der Waals surface area contributed by atoms with Crippen LogP contribution in [-0.2, 0) is 0 Å². The topological polar surface area (TPSA) is 78.1 Å². The Balaban J connectivity index is 2.30. The lowest BCUT2D eigenvalue weighted by atomic mass is 9.92. The Labute approximate surface area is 137 Å². The van der Waals surface area contributed by atoms with Crippen LogP contribution in [0.4, 0.5) is 17.6 Å². The zero-order valence-corrected chi connectivity index (χ0v) is 12.9. The number of hydrogen-bond donors (Lipinski definition) is 1. The summed E-state index contributed by atoms with van der Waals surface area (Å²) in [6, 6.07) is 1.44. The Morgan fingerprint density at radius 3 is 2.48 bits per heavy atom. The summed E-state index contributed by atoms with van der Waals surface area (Å²) in [4.78, 5) is 12.4. The Hall–Kier alpha value is -2.49. The van der Waals surface area contributed by atoms with Gasteiger partial charge < -0.3 is 23.7 Å². The minimum atomic E-state index is -5.00. The Morgan fingerprint density at radius 1 is 1.28 bits per heavy atom. The van der Waals surface area contributed by atoms with Crippen LogP contribution in [0.1, 0.15) is 16.8 Å². The SMILES string of the molecule is COc1c2c(c(OC)c3occc13)OC(O)(C(F)(F)C(F)F)CC2=O. The van der Waals surface area contributed by atoms with Crippen LogP contribution in [0, 0.1) is 0 Å². The summed E-state index contributed by atoms with van der Waals surface area (Å²) in [5.74, 6) is -10.8. The molecule has 1 atom stereocenters. The number of ketones is 1. The molecule has 2 heterocycles. The van der Waals surface area contributed by atoms with Crippen LogP contribution in [0.15, 0.2) is 16.7 Å². The van der Waals surface area contributed by atoms with Gasteiger partial charge in [0, 0.05) is 0 Å². The largest absolute Gasteiger partial charge is 0.495 e. The van der Waals surface area contributed by atoms with E-state index in [0.29, 0.717) is 5.39 Å². The molecule has 1 aromatic heterocycles. The molecule has 1 aliphatic heterocycles. The molecule has 0 saturated carbocycles. The normalized spacial score (nSPS) is 20.6. The average molecular weight is 364 g/mol. The van der Waals surface area contributed by atoms with Crippen LogP contribution >= 0.6 is 0 Å². The summed E-state index contributed by atoms with van der Waals surface area (Å²) in [7, 11) is 2.35. The molecule has 2 aromatic rings. The first-order chi connectivity index (χ1) is 11.7. The van der Waals surface area contributed by atoms with Crippen molar-refractivity contribution in [2.24, 2.45) is 0 Å². The number of Topliss-reactive ketones (excluding diaryl/α,β-unsaturated/α-hetero) is 1. The molecule has 0 radical (unpaired) electrons. The lowest BCUT2D eigenvalue weighted by Gasteiger charge is -2.38. The van der Waals surface area contributed by atoms with Gasteiger partial charge in [-0.2, -0.15) is 8.78 Å². The highest BCUT2D eigenvalue weighted by molar-refractivity contribution is 6.10. The number of aliphatic hydroxyl groups is 1. The van der Waals surface area contributed by atoms with Gasteiger partial charge >= 0.3 is 12.3 Å². The van der Waals surface area contributed by atoms with Gasteiger partial charge in [0.05, 0.1) is 32.3 Å². The number of fused-ring (bicyclic) bond motifs is 2. The first-order valence-corrected chi connectivity index (χ1v) is 6.93. The minimum absolute atomic E-state index is 0.0180. The van der Waals surface area contributed by atoms with Crippen molar-refractivity contribution in [3.63, 3.8) is 0 Å². The second-order valence-corrected chi connectivity index (χ2v) is 5.34. The van der Waals surface area contributed by atoms with Gasteiger partial charge in [-0.3, -0.25) is 4.79 Å². The Kier molecular flexibility index (Phi) is 3.82. The van der Waals surface area contributed by atoms with E-state index in [0.717, 1.165) is 7.11 Å². The van der Waals surface area contributed by atoms with Gasteiger partial charge in [-0.05, 0) is 6.07 Å². The van der Waals surface area contributed by atoms with Crippen molar-refractivity contribution in [3.8, 4) is 17.2 Å². The lowest BCUT2D eigenvalue weighted by Crippen LogP contribution is -2.59. The minimum Gasteiger partial charge on any atom is -0.495 e. The van der Waals surface area contributed by atoms with Gasteiger partial charge in [0.2, 0.25) is 5.75 Å². The zero-order chi connectivity index (χ0) is 18.6. The number of methoxy groups -OCH3 is 2. The number of benzene rings is 1. The van der Waals surface area contributed by atoms with Gasteiger partial charge in [-0.15, -0.1) is 0 Å². The van der Waals surface area contributed by atoms with Crippen molar-refractivity contribution in [2.45, 2.75) is 24.6 Å². The standard InChI is InChI=1S/C15H12F4O6/c1-22-9-6-3-4-24-10(6)12(23-2)11-8(9)7(20)5-14(21,25-11)15(18,19)13(16)17/h3-4,13,21H,5H2,1-2H3. The summed E-state index contributed by atoms with van der Waals surface area (Å²) in [5.41, 5.74) is -0.321. The molecule has 1 aromatic carbocycles. The van der Waals surface area contributed by atoms with Gasteiger partial charge in [-0.1, -0.05) is 0 Å². The van der Waals surface area contributed by atoms with E-state index in [-0.39, 0.29) is 22.6 Å². The molecule has 1 aliphatic rings. The summed E-state index contributed by atoms with van der Waals surface area (Å²) < 4.78 is 73.1. The fourth-order valence-electron chi connectivity index (χ4n) is 2.73. The smallest absolute Gasteiger partial charge is 0.371 e. The van der Waals surface area contributed by atoms with Crippen LogP contribution in [0.25, 0.3) is 11.0 Å². The summed E-state index contributed by atoms with van der Waals surface area (Å²) in [6.07, 6.45) is -4.42. The number of halogens is 4. The molecule has 0 spiro atoms. The van der Waals surface area contributed by atoms with Crippen molar-refractivity contribution in [1.82, 2.24) is 0 Å². The van der Waals surface area contributed by atoms with Crippen LogP contribution in [0.5, 0.6) is 17.2 Å². The van der Waals surface area contributed by atoms with Crippen LogP contribution in [-0.4, -0.2) is 43.2 Å². The maximum absolute atomic E-state index is 13.8. The maximum atomic E-state index is 13.8. The number of alkyl halides is 4. The van der Waals surface area contributed by atoms with E-state index < -0.39 is 36.1 Å². The quantitative estimate of drug-likeness (QED) is 0.841. The summed E-state index contributed by atoms with van der Waals surface area (Å²) in [5, 5.41) is 10.3. The molecule has 0 saturated heterocycles. The fraction of sp³-hybridized carbons (Fsp3) is 0.400. The number of furan rings is 1. The molecular formula is C15H12F4O6. The Morgan fingerprint density at radius 2 is 1.92 bits per heavy atom.